The Balaban J connectivity index is 0.00000420. The maximum Gasteiger partial charge on any atom is 0.221 e. The fourth-order valence-corrected chi connectivity index (χ4v) is 3.37. The number of methoxy groups -OCH3 is 1. The number of halogens is 1. The van der Waals surface area contributed by atoms with Gasteiger partial charge in [0.25, 0.3) is 0 Å². The van der Waals surface area contributed by atoms with E-state index in [0.717, 1.165) is 10.4 Å². The molecule has 9 heteroatoms. The van der Waals surface area contributed by atoms with Gasteiger partial charge in [-0.1, -0.05) is 12.1 Å². The maximum atomic E-state index is 11.4. The van der Waals surface area contributed by atoms with Crippen molar-refractivity contribution in [3.63, 3.8) is 0 Å². The lowest BCUT2D eigenvalue weighted by atomic mass is 10.1. The van der Waals surface area contributed by atoms with Crippen molar-refractivity contribution in [2.75, 3.05) is 25.5 Å². The van der Waals surface area contributed by atoms with Crippen LogP contribution < -0.4 is 20.7 Å². The number of hydrogen-bond acceptors (Lipinski definition) is 5. The Morgan fingerprint density at radius 1 is 1.31 bits per heavy atom. The molecule has 0 aliphatic heterocycles. The molecule has 0 bridgehead atoms. The molecule has 29 heavy (non-hydrogen) atoms. The second kappa shape index (κ2) is 12.0. The minimum Gasteiger partial charge on any atom is -0.495 e. The molecule has 0 saturated carbocycles. The van der Waals surface area contributed by atoms with Crippen molar-refractivity contribution < 1.29 is 14.6 Å². The van der Waals surface area contributed by atoms with E-state index in [-0.39, 0.29) is 29.9 Å². The molecule has 2 rings (SSSR count). The first-order chi connectivity index (χ1) is 13.4. The number of nitrogens with zero attached hydrogens (tertiary/aromatic N) is 1. The van der Waals surface area contributed by atoms with Gasteiger partial charge in [0.05, 0.1) is 25.9 Å². The zero-order valence-electron chi connectivity index (χ0n) is 17.1. The van der Waals surface area contributed by atoms with Crippen molar-refractivity contribution >= 4 is 52.9 Å². The Morgan fingerprint density at radius 2 is 2.07 bits per heavy atom. The average molecular weight is 532 g/mol. The SMILES string of the molecule is CCNC(=NCc1ccc(OC)c(NC(C)=O)c1)NCC(C)(O)c1cccs1.I. The highest BCUT2D eigenvalue weighted by Gasteiger charge is 2.24. The molecule has 1 aromatic carbocycles. The van der Waals surface area contributed by atoms with Crippen LogP contribution in [-0.4, -0.2) is 37.2 Å². The number of ether oxygens (including phenoxy) is 1. The zero-order valence-corrected chi connectivity index (χ0v) is 20.3. The summed E-state index contributed by atoms with van der Waals surface area (Å²) in [6.07, 6.45) is 0. The Morgan fingerprint density at radius 3 is 2.66 bits per heavy atom. The number of aliphatic imine (C=N–C) groups is 1. The molecule has 0 saturated heterocycles. The van der Waals surface area contributed by atoms with Crippen LogP contribution in [-0.2, 0) is 16.9 Å². The van der Waals surface area contributed by atoms with E-state index in [0.29, 0.717) is 37.0 Å². The van der Waals surface area contributed by atoms with E-state index in [1.165, 1.54) is 18.3 Å². The lowest BCUT2D eigenvalue weighted by molar-refractivity contribution is -0.114. The number of anilines is 1. The highest BCUT2D eigenvalue weighted by atomic mass is 127. The topological polar surface area (TPSA) is 95.0 Å². The molecule has 1 unspecified atom stereocenters. The van der Waals surface area contributed by atoms with Crippen molar-refractivity contribution in [3.8, 4) is 5.75 Å². The molecule has 4 N–H and O–H groups in total. The molecule has 0 radical (unpaired) electrons. The third-order valence-corrected chi connectivity index (χ3v) is 5.11. The summed E-state index contributed by atoms with van der Waals surface area (Å²) in [6.45, 7) is 6.66. The molecular formula is C20H29IN4O3S. The van der Waals surface area contributed by atoms with Crippen LogP contribution in [0.25, 0.3) is 0 Å². The fourth-order valence-electron chi connectivity index (χ4n) is 2.58. The van der Waals surface area contributed by atoms with E-state index in [4.69, 9.17) is 4.74 Å². The highest BCUT2D eigenvalue weighted by molar-refractivity contribution is 14.0. The van der Waals surface area contributed by atoms with Gasteiger partial charge in [-0.25, -0.2) is 4.99 Å². The van der Waals surface area contributed by atoms with Crippen LogP contribution in [0.15, 0.2) is 40.7 Å². The number of carbonyl (C=O) groups excluding carboxylic acids is 1. The van der Waals surface area contributed by atoms with Gasteiger partial charge in [-0.2, -0.15) is 0 Å². The second-order valence-electron chi connectivity index (χ2n) is 6.52. The number of aliphatic hydroxyl groups is 1. The third kappa shape index (κ3) is 7.82. The van der Waals surface area contributed by atoms with E-state index < -0.39 is 5.60 Å². The summed E-state index contributed by atoms with van der Waals surface area (Å²) in [4.78, 5) is 16.9. The quantitative estimate of drug-likeness (QED) is 0.238. The normalized spacial score (nSPS) is 13.1. The van der Waals surface area contributed by atoms with Crippen LogP contribution in [0.5, 0.6) is 5.75 Å². The molecular weight excluding hydrogens is 503 g/mol. The number of nitrogens with one attached hydrogen (secondary N) is 3. The van der Waals surface area contributed by atoms with Crippen molar-refractivity contribution in [2.45, 2.75) is 32.9 Å². The third-order valence-electron chi connectivity index (χ3n) is 3.99. The van der Waals surface area contributed by atoms with Gasteiger partial charge in [0, 0.05) is 18.3 Å². The second-order valence-corrected chi connectivity index (χ2v) is 7.46. The fraction of sp³-hybridized carbons (Fsp3) is 0.400. The number of guanidine groups is 1. The summed E-state index contributed by atoms with van der Waals surface area (Å²) in [5.41, 5.74) is 0.552. The first kappa shape index (κ1) is 25.2. The molecule has 1 heterocycles. The van der Waals surface area contributed by atoms with Crippen molar-refractivity contribution in [1.82, 2.24) is 10.6 Å². The summed E-state index contributed by atoms with van der Waals surface area (Å²) in [6, 6.07) is 9.38. The lowest BCUT2D eigenvalue weighted by Crippen LogP contribution is -2.44. The van der Waals surface area contributed by atoms with Gasteiger partial charge >= 0.3 is 0 Å². The smallest absolute Gasteiger partial charge is 0.221 e. The van der Waals surface area contributed by atoms with E-state index in [1.807, 2.05) is 36.6 Å². The van der Waals surface area contributed by atoms with Crippen molar-refractivity contribution in [2.24, 2.45) is 4.99 Å². The summed E-state index contributed by atoms with van der Waals surface area (Å²) in [5, 5.41) is 21.7. The van der Waals surface area contributed by atoms with Gasteiger partial charge in [-0.05, 0) is 43.0 Å². The van der Waals surface area contributed by atoms with E-state index >= 15 is 0 Å². The predicted octanol–water partition coefficient (Wildman–Crippen LogP) is 3.30. The molecule has 1 atom stereocenters. The molecule has 0 aliphatic carbocycles. The summed E-state index contributed by atoms with van der Waals surface area (Å²) < 4.78 is 5.27. The number of rotatable bonds is 8. The monoisotopic (exact) mass is 532 g/mol. The first-order valence-corrected chi connectivity index (χ1v) is 9.96. The molecule has 7 nitrogen and oxygen atoms in total. The van der Waals surface area contributed by atoms with Crippen LogP contribution in [0.1, 0.15) is 31.2 Å². The number of thiophene rings is 1. The minimum absolute atomic E-state index is 0. The molecule has 0 aliphatic rings. The average Bonchev–Trinajstić information content (AvgIpc) is 3.19. The van der Waals surface area contributed by atoms with Gasteiger partial charge in [-0.15, -0.1) is 35.3 Å². The largest absolute Gasteiger partial charge is 0.495 e. The molecule has 160 valence electrons. The van der Waals surface area contributed by atoms with Crippen molar-refractivity contribution in [1.29, 1.82) is 0 Å². The first-order valence-electron chi connectivity index (χ1n) is 9.08. The maximum absolute atomic E-state index is 11.4. The van der Waals surface area contributed by atoms with Crippen LogP contribution >= 0.6 is 35.3 Å². The number of amides is 1. The Bertz CT molecular complexity index is 810. The number of benzene rings is 1. The molecule has 1 amide bonds. The number of hydrogen-bond donors (Lipinski definition) is 4. The van der Waals surface area contributed by atoms with E-state index in [2.05, 4.69) is 20.9 Å². The standard InChI is InChI=1S/C20H28N4O3S.HI/c1-5-21-19(23-13-20(3,26)18-7-6-10-28-18)22-12-15-8-9-17(27-4)16(11-15)24-14(2)25;/h6-11,26H,5,12-13H2,1-4H3,(H,24,25)(H2,21,22,23);1H. The van der Waals surface area contributed by atoms with Crippen LogP contribution in [0.3, 0.4) is 0 Å². The summed E-state index contributed by atoms with van der Waals surface area (Å²) >= 11 is 1.52. The van der Waals surface area contributed by atoms with Gasteiger partial charge in [-0.3, -0.25) is 4.79 Å². The summed E-state index contributed by atoms with van der Waals surface area (Å²) in [7, 11) is 1.56. The van der Waals surface area contributed by atoms with Gasteiger partial charge < -0.3 is 25.8 Å². The molecule has 1 aromatic heterocycles. The van der Waals surface area contributed by atoms with Crippen LogP contribution in [0, 0.1) is 0 Å². The van der Waals surface area contributed by atoms with Gasteiger partial charge in [0.2, 0.25) is 5.91 Å². The van der Waals surface area contributed by atoms with Gasteiger partial charge in [0.1, 0.15) is 11.4 Å². The highest BCUT2D eigenvalue weighted by Crippen LogP contribution is 2.26. The zero-order chi connectivity index (χ0) is 20.6. The molecule has 2 aromatic rings. The van der Waals surface area contributed by atoms with Crippen LogP contribution in [0.2, 0.25) is 0 Å². The summed E-state index contributed by atoms with van der Waals surface area (Å²) in [5.74, 6) is 1.04. The Labute approximate surface area is 193 Å². The molecule has 0 fully saturated rings. The Hall–Kier alpha value is -1.85. The van der Waals surface area contributed by atoms with Crippen LogP contribution in [0.4, 0.5) is 5.69 Å². The van der Waals surface area contributed by atoms with Crippen molar-refractivity contribution in [3.05, 3.63) is 46.2 Å². The van der Waals surface area contributed by atoms with E-state index in [1.54, 1.807) is 20.1 Å². The predicted molar refractivity (Wildman–Crippen MR) is 129 cm³/mol. The lowest BCUT2D eigenvalue weighted by Gasteiger charge is -2.23. The van der Waals surface area contributed by atoms with Gasteiger partial charge in [0.15, 0.2) is 5.96 Å². The molecule has 0 spiro atoms. The Kier molecular flexibility index (Phi) is 10.4. The number of carbonyl (C=O) groups is 1. The van der Waals surface area contributed by atoms with E-state index in [9.17, 15) is 9.90 Å². The minimum atomic E-state index is -0.983.